The molecule has 11 heteroatoms. The molecule has 3 amide bonds. The zero-order valence-electron chi connectivity index (χ0n) is 24.4. The van der Waals surface area contributed by atoms with Gasteiger partial charge in [0.1, 0.15) is 37.0 Å². The van der Waals surface area contributed by atoms with Gasteiger partial charge in [0.2, 0.25) is 5.91 Å². The quantitative estimate of drug-likeness (QED) is 0.270. The first kappa shape index (κ1) is 30.0. The third kappa shape index (κ3) is 6.62. The topological polar surface area (TPSA) is 138 Å². The van der Waals surface area contributed by atoms with Gasteiger partial charge in [0.15, 0.2) is 0 Å². The summed E-state index contributed by atoms with van der Waals surface area (Å²) in [5.74, 6) is -1.33. The van der Waals surface area contributed by atoms with E-state index in [9.17, 15) is 24.3 Å². The molecule has 0 atom stereocenters. The Kier molecular flexibility index (Phi) is 9.03. The molecule has 5 rings (SSSR count). The number of phenolic OH excluding ortho intramolecular Hbond substituents is 1. The Bertz CT molecular complexity index is 1600. The second-order valence-electron chi connectivity index (χ2n) is 10.3. The third-order valence-corrected chi connectivity index (χ3v) is 7.52. The highest BCUT2D eigenvalue weighted by atomic mass is 16.5. The Morgan fingerprint density at radius 2 is 1.64 bits per heavy atom. The van der Waals surface area contributed by atoms with E-state index in [1.807, 2.05) is 36.4 Å². The SMILES string of the molecule is COC(=O)CN(CCNC(=O)OCC1c2ccccc2-c2ccccc21)C(=O)CN1C(=O)/C(=C\c2ccc(O)cc2)N=C1C. The van der Waals surface area contributed by atoms with Gasteiger partial charge in [-0.15, -0.1) is 0 Å². The number of fused-ring (bicyclic) bond motifs is 3. The predicted molar refractivity (Wildman–Crippen MR) is 163 cm³/mol. The molecule has 2 aliphatic rings. The third-order valence-electron chi connectivity index (χ3n) is 7.52. The van der Waals surface area contributed by atoms with Crippen molar-refractivity contribution in [1.82, 2.24) is 15.1 Å². The zero-order valence-corrected chi connectivity index (χ0v) is 24.4. The van der Waals surface area contributed by atoms with Crippen molar-refractivity contribution < 1.29 is 33.8 Å². The predicted octanol–water partition coefficient (Wildman–Crippen LogP) is 3.53. The minimum atomic E-state index is -0.654. The van der Waals surface area contributed by atoms with Crippen LogP contribution in [0.5, 0.6) is 5.75 Å². The lowest BCUT2D eigenvalue weighted by molar-refractivity contribution is -0.147. The van der Waals surface area contributed by atoms with Crippen molar-refractivity contribution in [3.05, 3.63) is 95.2 Å². The number of aromatic hydroxyl groups is 1. The van der Waals surface area contributed by atoms with Crippen LogP contribution in [0.2, 0.25) is 0 Å². The minimum Gasteiger partial charge on any atom is -0.508 e. The van der Waals surface area contributed by atoms with Gasteiger partial charge >= 0.3 is 12.1 Å². The molecule has 3 aromatic rings. The molecule has 1 heterocycles. The van der Waals surface area contributed by atoms with Crippen LogP contribution in [0.3, 0.4) is 0 Å². The second kappa shape index (κ2) is 13.2. The van der Waals surface area contributed by atoms with E-state index in [-0.39, 0.29) is 50.2 Å². The minimum absolute atomic E-state index is 0.00638. The summed E-state index contributed by atoms with van der Waals surface area (Å²) in [4.78, 5) is 57.6. The highest BCUT2D eigenvalue weighted by molar-refractivity contribution is 6.15. The monoisotopic (exact) mass is 596 g/mol. The van der Waals surface area contributed by atoms with Gasteiger partial charge in [0.05, 0.1) is 7.11 Å². The number of amides is 3. The van der Waals surface area contributed by atoms with Gasteiger partial charge in [-0.05, 0) is 52.9 Å². The highest BCUT2D eigenvalue weighted by Gasteiger charge is 2.32. The van der Waals surface area contributed by atoms with Crippen LogP contribution in [0, 0.1) is 0 Å². The van der Waals surface area contributed by atoms with Crippen LogP contribution in [0.4, 0.5) is 4.79 Å². The molecule has 0 aromatic heterocycles. The average molecular weight is 597 g/mol. The number of nitrogens with one attached hydrogen (secondary N) is 1. The first-order valence-electron chi connectivity index (χ1n) is 14.1. The molecule has 0 radical (unpaired) electrons. The van der Waals surface area contributed by atoms with Crippen molar-refractivity contribution in [2.24, 2.45) is 4.99 Å². The molecule has 0 spiro atoms. The number of nitrogens with zero attached hydrogens (tertiary/aromatic N) is 3. The van der Waals surface area contributed by atoms with Crippen molar-refractivity contribution in [1.29, 1.82) is 0 Å². The van der Waals surface area contributed by atoms with Crippen molar-refractivity contribution in [2.75, 3.05) is 39.9 Å². The van der Waals surface area contributed by atoms with Gasteiger partial charge in [-0.1, -0.05) is 60.7 Å². The lowest BCUT2D eigenvalue weighted by atomic mass is 9.98. The number of phenols is 1. The number of aliphatic imine (C=N–C) groups is 1. The van der Waals surface area contributed by atoms with E-state index < -0.39 is 23.9 Å². The van der Waals surface area contributed by atoms with Crippen molar-refractivity contribution in [3.63, 3.8) is 0 Å². The van der Waals surface area contributed by atoms with Gasteiger partial charge in [0, 0.05) is 19.0 Å². The fourth-order valence-corrected chi connectivity index (χ4v) is 5.27. The first-order chi connectivity index (χ1) is 21.2. The molecule has 2 N–H and O–H groups in total. The summed E-state index contributed by atoms with van der Waals surface area (Å²) >= 11 is 0. The average Bonchev–Trinajstić information content (AvgIpc) is 3.49. The normalized spacial score (nSPS) is 14.6. The Balaban J connectivity index is 1.16. The van der Waals surface area contributed by atoms with Crippen molar-refractivity contribution in [2.45, 2.75) is 12.8 Å². The van der Waals surface area contributed by atoms with Crippen LogP contribution in [0.15, 0.2) is 83.5 Å². The summed E-state index contributed by atoms with van der Waals surface area (Å²) < 4.78 is 10.3. The van der Waals surface area contributed by atoms with Gasteiger partial charge in [-0.2, -0.15) is 0 Å². The van der Waals surface area contributed by atoms with Crippen LogP contribution in [0.1, 0.15) is 29.5 Å². The molecule has 0 saturated carbocycles. The number of rotatable bonds is 10. The molecule has 0 unspecified atom stereocenters. The van der Waals surface area contributed by atoms with Gasteiger partial charge in [0.25, 0.3) is 5.91 Å². The number of methoxy groups -OCH3 is 1. The molecule has 0 bridgehead atoms. The number of carbonyl (C=O) groups is 4. The number of esters is 1. The molecule has 11 nitrogen and oxygen atoms in total. The Hall–Kier alpha value is -5.45. The Morgan fingerprint density at radius 3 is 2.27 bits per heavy atom. The van der Waals surface area contributed by atoms with Crippen LogP contribution in [-0.4, -0.2) is 84.5 Å². The number of hydrogen-bond donors (Lipinski definition) is 2. The summed E-state index contributed by atoms with van der Waals surface area (Å²) in [6.45, 7) is 1.00. The molecular weight excluding hydrogens is 564 g/mol. The largest absolute Gasteiger partial charge is 0.508 e. The molecule has 3 aromatic carbocycles. The molecule has 226 valence electrons. The molecular formula is C33H32N4O7. The van der Waals surface area contributed by atoms with E-state index in [0.717, 1.165) is 22.3 Å². The molecule has 0 fully saturated rings. The van der Waals surface area contributed by atoms with E-state index in [0.29, 0.717) is 11.4 Å². The van der Waals surface area contributed by atoms with Gasteiger partial charge < -0.3 is 24.8 Å². The van der Waals surface area contributed by atoms with E-state index in [1.54, 1.807) is 25.1 Å². The number of ether oxygens (including phenoxy) is 2. The maximum absolute atomic E-state index is 13.2. The lowest BCUT2D eigenvalue weighted by Gasteiger charge is -2.24. The van der Waals surface area contributed by atoms with Gasteiger partial charge in [-0.25, -0.2) is 9.79 Å². The number of benzene rings is 3. The molecule has 1 aliphatic carbocycles. The highest BCUT2D eigenvalue weighted by Crippen LogP contribution is 2.44. The zero-order chi connectivity index (χ0) is 31.2. The van der Waals surface area contributed by atoms with E-state index in [2.05, 4.69) is 22.4 Å². The van der Waals surface area contributed by atoms with Crippen LogP contribution < -0.4 is 5.32 Å². The number of alkyl carbamates (subject to hydrolysis) is 1. The lowest BCUT2D eigenvalue weighted by Crippen LogP contribution is -2.47. The number of amidine groups is 1. The fraction of sp³-hybridized carbons (Fsp3) is 0.242. The summed E-state index contributed by atoms with van der Waals surface area (Å²) in [5.41, 5.74) is 5.21. The van der Waals surface area contributed by atoms with E-state index in [4.69, 9.17) is 9.47 Å². The first-order valence-corrected chi connectivity index (χ1v) is 14.1. The van der Waals surface area contributed by atoms with Crippen molar-refractivity contribution in [3.8, 4) is 16.9 Å². The van der Waals surface area contributed by atoms with Crippen LogP contribution in [0.25, 0.3) is 17.2 Å². The standard InChI is InChI=1S/C33H32N4O7/c1-21-35-29(17-22-11-13-23(38)14-12-22)32(41)37(21)18-30(39)36(19-31(40)43-2)16-15-34-33(42)44-20-28-26-9-5-3-7-24(26)25-8-4-6-10-27(25)28/h3-14,17,28,38H,15-16,18-20H2,1-2H3,(H,34,42)/b29-17+. The number of hydrogen-bond acceptors (Lipinski definition) is 8. The summed E-state index contributed by atoms with van der Waals surface area (Å²) in [6.07, 6.45) is 0.902. The maximum Gasteiger partial charge on any atom is 0.407 e. The van der Waals surface area contributed by atoms with Gasteiger partial charge in [-0.3, -0.25) is 19.3 Å². The van der Waals surface area contributed by atoms with E-state index in [1.165, 1.54) is 29.0 Å². The fourth-order valence-electron chi connectivity index (χ4n) is 5.27. The Labute approximate surface area is 254 Å². The van der Waals surface area contributed by atoms with E-state index >= 15 is 0 Å². The maximum atomic E-state index is 13.2. The Morgan fingerprint density at radius 1 is 1.00 bits per heavy atom. The number of carbonyl (C=O) groups excluding carboxylic acids is 4. The second-order valence-corrected chi connectivity index (χ2v) is 10.3. The van der Waals surface area contributed by atoms with Crippen LogP contribution in [-0.2, 0) is 23.9 Å². The summed E-state index contributed by atoms with van der Waals surface area (Å²) in [7, 11) is 1.21. The molecule has 1 aliphatic heterocycles. The smallest absolute Gasteiger partial charge is 0.407 e. The summed E-state index contributed by atoms with van der Waals surface area (Å²) in [6, 6.07) is 22.3. The van der Waals surface area contributed by atoms with Crippen molar-refractivity contribution >= 4 is 35.8 Å². The van der Waals surface area contributed by atoms with Crippen LogP contribution >= 0.6 is 0 Å². The molecule has 0 saturated heterocycles. The summed E-state index contributed by atoms with van der Waals surface area (Å²) in [5, 5.41) is 12.1. The molecule has 44 heavy (non-hydrogen) atoms.